The highest BCUT2D eigenvalue weighted by Gasteiger charge is 2.19. The number of halogens is 2. The Balaban J connectivity index is 1.71. The normalized spacial score (nSPS) is 13.4. The van der Waals surface area contributed by atoms with Gasteiger partial charge in [-0.05, 0) is 50.1 Å². The van der Waals surface area contributed by atoms with E-state index in [2.05, 4.69) is 15.4 Å². The molecule has 0 spiro atoms. The van der Waals surface area contributed by atoms with Crippen LogP contribution in [0, 0.1) is 0 Å². The predicted octanol–water partition coefficient (Wildman–Crippen LogP) is 4.64. The molecule has 0 atom stereocenters. The van der Waals surface area contributed by atoms with Crippen molar-refractivity contribution in [3.8, 4) is 17.2 Å². The lowest BCUT2D eigenvalue weighted by Gasteiger charge is -2.26. The summed E-state index contributed by atoms with van der Waals surface area (Å²) in [5.41, 5.74) is 0.927. The van der Waals surface area contributed by atoms with Crippen molar-refractivity contribution in [1.29, 1.82) is 0 Å². The zero-order valence-electron chi connectivity index (χ0n) is 16.3. The van der Waals surface area contributed by atoms with Gasteiger partial charge in [0, 0.05) is 23.8 Å². The van der Waals surface area contributed by atoms with E-state index in [9.17, 15) is 14.7 Å². The molecule has 0 bridgehead atoms. The summed E-state index contributed by atoms with van der Waals surface area (Å²) in [6, 6.07) is 8.17. The number of carbonyl (C=O) groups excluding carboxylic acids is 2. The Kier molecular flexibility index (Phi) is 7.42. The number of nitrogens with one attached hydrogen (secondary N) is 2. The molecule has 0 heterocycles. The summed E-state index contributed by atoms with van der Waals surface area (Å²) in [4.78, 5) is 23.2. The number of aromatic hydroxyl groups is 1. The van der Waals surface area contributed by atoms with E-state index in [1.165, 1.54) is 18.6 Å². The van der Waals surface area contributed by atoms with Gasteiger partial charge in [-0.15, -0.1) is 0 Å². The maximum absolute atomic E-state index is 11.8. The Morgan fingerprint density at radius 2 is 1.87 bits per heavy atom. The van der Waals surface area contributed by atoms with Crippen LogP contribution >= 0.6 is 23.2 Å². The van der Waals surface area contributed by atoms with Gasteiger partial charge in [-0.2, -0.15) is 0 Å². The molecule has 1 saturated carbocycles. The Labute approximate surface area is 184 Å². The van der Waals surface area contributed by atoms with E-state index in [0.717, 1.165) is 12.8 Å². The van der Waals surface area contributed by atoms with Crippen LogP contribution in [0.1, 0.15) is 31.7 Å². The molecule has 1 aliphatic carbocycles. The summed E-state index contributed by atoms with van der Waals surface area (Å²) in [5.74, 6) is -1.12. The summed E-state index contributed by atoms with van der Waals surface area (Å²) in [5, 5.41) is 16.1. The van der Waals surface area contributed by atoms with Crippen molar-refractivity contribution < 1.29 is 24.2 Å². The molecule has 1 aliphatic rings. The number of benzene rings is 2. The minimum Gasteiger partial charge on any atom is -0.508 e. The van der Waals surface area contributed by atoms with Gasteiger partial charge in [0.1, 0.15) is 11.5 Å². The Hall–Kier alpha value is -2.48. The number of rotatable bonds is 7. The number of ether oxygens (including phenoxy) is 2. The van der Waals surface area contributed by atoms with Gasteiger partial charge in [0.2, 0.25) is 0 Å². The van der Waals surface area contributed by atoms with Gasteiger partial charge in [0.15, 0.2) is 5.75 Å². The van der Waals surface area contributed by atoms with Crippen LogP contribution in [0.3, 0.4) is 0 Å². The van der Waals surface area contributed by atoms with Crippen molar-refractivity contribution in [2.45, 2.75) is 38.8 Å². The molecular weight excluding hydrogens is 431 g/mol. The van der Waals surface area contributed by atoms with Gasteiger partial charge in [0.25, 0.3) is 0 Å². The van der Waals surface area contributed by atoms with Gasteiger partial charge in [-0.3, -0.25) is 4.79 Å². The molecule has 1 amide bonds. The van der Waals surface area contributed by atoms with Gasteiger partial charge < -0.3 is 25.2 Å². The molecule has 30 heavy (non-hydrogen) atoms. The minimum atomic E-state index is -1.00. The number of hydrogen-bond acceptors (Lipinski definition) is 6. The lowest BCUT2D eigenvalue weighted by molar-refractivity contribution is -0.152. The zero-order chi connectivity index (χ0) is 21.7. The summed E-state index contributed by atoms with van der Waals surface area (Å²) in [6.07, 6.45) is 3.50. The van der Waals surface area contributed by atoms with Crippen LogP contribution < -0.4 is 15.4 Å². The lowest BCUT2D eigenvalue weighted by Crippen LogP contribution is -2.34. The Morgan fingerprint density at radius 1 is 1.17 bits per heavy atom. The van der Waals surface area contributed by atoms with Crippen LogP contribution in [0.25, 0.3) is 0 Å². The first-order valence-corrected chi connectivity index (χ1v) is 10.3. The lowest BCUT2D eigenvalue weighted by atomic mass is 9.93. The number of anilines is 1. The van der Waals surface area contributed by atoms with E-state index >= 15 is 0 Å². The van der Waals surface area contributed by atoms with Crippen LogP contribution in [0.15, 0.2) is 30.3 Å². The van der Waals surface area contributed by atoms with Crippen molar-refractivity contribution in [2.24, 2.45) is 0 Å². The smallest absolute Gasteiger partial charge is 0.397 e. The second kappa shape index (κ2) is 10.0. The molecule has 160 valence electrons. The van der Waals surface area contributed by atoms with Crippen LogP contribution in [-0.4, -0.2) is 29.6 Å². The van der Waals surface area contributed by atoms with Crippen molar-refractivity contribution >= 4 is 40.8 Å². The largest absolute Gasteiger partial charge is 0.508 e. The first-order valence-electron chi connectivity index (χ1n) is 9.57. The molecule has 0 aliphatic heterocycles. The highest BCUT2D eigenvalue weighted by atomic mass is 35.5. The topological polar surface area (TPSA) is 96.9 Å². The van der Waals surface area contributed by atoms with E-state index < -0.39 is 11.9 Å². The first-order chi connectivity index (χ1) is 14.4. The van der Waals surface area contributed by atoms with Crippen molar-refractivity contribution in [3.63, 3.8) is 0 Å². The first kappa shape index (κ1) is 22.2. The van der Waals surface area contributed by atoms with Crippen molar-refractivity contribution in [1.82, 2.24) is 5.32 Å². The molecule has 0 aromatic heterocycles. The molecular formula is C21H22Cl2N2O5. The van der Waals surface area contributed by atoms with Crippen LogP contribution in [0.4, 0.5) is 5.69 Å². The summed E-state index contributed by atoms with van der Waals surface area (Å²) >= 11 is 12.5. The molecule has 0 radical (unpaired) electrons. The van der Waals surface area contributed by atoms with Gasteiger partial charge in [-0.1, -0.05) is 29.6 Å². The van der Waals surface area contributed by atoms with Crippen LogP contribution in [0.2, 0.25) is 10.0 Å². The Bertz CT molecular complexity index is 924. The van der Waals surface area contributed by atoms with Gasteiger partial charge >= 0.3 is 11.9 Å². The van der Waals surface area contributed by atoms with E-state index in [1.807, 2.05) is 0 Å². The third-order valence-corrected chi connectivity index (χ3v) is 5.24. The van der Waals surface area contributed by atoms with Crippen LogP contribution in [0.5, 0.6) is 17.2 Å². The van der Waals surface area contributed by atoms with E-state index in [0.29, 0.717) is 23.9 Å². The highest BCUT2D eigenvalue weighted by molar-refractivity contribution is 6.39. The van der Waals surface area contributed by atoms with Crippen molar-refractivity contribution in [2.75, 3.05) is 11.9 Å². The average molecular weight is 453 g/mol. The minimum absolute atomic E-state index is 0.0886. The standard InChI is InChI=1S/C21H22Cl2N2O5/c1-2-29-21(28)20(27)25-14-9-16(22)19(17(23)10-14)30-15-6-7-18(26)12(8-15)11-24-13-4-3-5-13/h6-10,13,24,26H,2-5,11H2,1H3,(H,25,27). The number of phenolic OH excluding ortho intramolecular Hbond substituents is 1. The molecule has 2 aromatic rings. The molecule has 0 unspecified atom stereocenters. The molecule has 3 N–H and O–H groups in total. The summed E-state index contributed by atoms with van der Waals surface area (Å²) in [7, 11) is 0. The summed E-state index contributed by atoms with van der Waals surface area (Å²) in [6.45, 7) is 2.21. The number of phenols is 1. The third kappa shape index (κ3) is 5.56. The Morgan fingerprint density at radius 3 is 2.47 bits per heavy atom. The molecule has 2 aromatic carbocycles. The molecule has 0 saturated heterocycles. The fourth-order valence-electron chi connectivity index (χ4n) is 2.86. The highest BCUT2D eigenvalue weighted by Crippen LogP contribution is 2.39. The van der Waals surface area contributed by atoms with Gasteiger partial charge in [-0.25, -0.2) is 4.79 Å². The summed E-state index contributed by atoms with van der Waals surface area (Å²) < 4.78 is 10.5. The average Bonchev–Trinajstić information content (AvgIpc) is 2.65. The van der Waals surface area contributed by atoms with E-state index in [1.54, 1.807) is 25.1 Å². The van der Waals surface area contributed by atoms with Crippen LogP contribution in [-0.2, 0) is 20.9 Å². The fourth-order valence-corrected chi connectivity index (χ4v) is 3.42. The SMILES string of the molecule is CCOC(=O)C(=O)Nc1cc(Cl)c(Oc2ccc(O)c(CNC3CCC3)c2)c(Cl)c1. The quantitative estimate of drug-likeness (QED) is 0.418. The van der Waals surface area contributed by atoms with E-state index in [4.69, 9.17) is 27.9 Å². The molecule has 9 heteroatoms. The molecule has 7 nitrogen and oxygen atoms in total. The second-order valence-corrected chi connectivity index (χ2v) is 7.66. The zero-order valence-corrected chi connectivity index (χ0v) is 17.8. The van der Waals surface area contributed by atoms with Gasteiger partial charge in [0.05, 0.1) is 16.7 Å². The van der Waals surface area contributed by atoms with Crippen molar-refractivity contribution in [3.05, 3.63) is 45.9 Å². The molecule has 3 rings (SSSR count). The maximum atomic E-state index is 11.8. The molecule has 1 fully saturated rings. The fraction of sp³-hybridized carbons (Fsp3) is 0.333. The van der Waals surface area contributed by atoms with E-state index in [-0.39, 0.29) is 33.8 Å². The predicted molar refractivity (Wildman–Crippen MR) is 114 cm³/mol. The number of carbonyl (C=O) groups is 2. The number of hydrogen-bond donors (Lipinski definition) is 3. The monoisotopic (exact) mass is 452 g/mol. The third-order valence-electron chi connectivity index (χ3n) is 4.67. The second-order valence-electron chi connectivity index (χ2n) is 6.84. The number of esters is 1. The number of amides is 1. The maximum Gasteiger partial charge on any atom is 0.397 e.